The SMILES string of the molecule is Cc1nc(-c2ccc(C#N)cc2NC(=O)C2CC2)cc(=O)n1CC(=O)NCC(N)=O. The van der Waals surface area contributed by atoms with Gasteiger partial charge in [0, 0.05) is 17.5 Å². The average molecular weight is 408 g/mol. The summed E-state index contributed by atoms with van der Waals surface area (Å²) in [5.74, 6) is -1.14. The third kappa shape index (κ3) is 4.88. The lowest BCUT2D eigenvalue weighted by Crippen LogP contribution is -2.38. The van der Waals surface area contributed by atoms with Gasteiger partial charge in [-0.2, -0.15) is 5.26 Å². The molecule has 3 rings (SSSR count). The first-order chi connectivity index (χ1) is 14.3. The summed E-state index contributed by atoms with van der Waals surface area (Å²) >= 11 is 0. The largest absolute Gasteiger partial charge is 0.368 e. The van der Waals surface area contributed by atoms with Crippen LogP contribution in [0.3, 0.4) is 0 Å². The van der Waals surface area contributed by atoms with Gasteiger partial charge in [0.05, 0.1) is 29.6 Å². The predicted octanol–water partition coefficient (Wildman–Crippen LogP) is 0.0404. The van der Waals surface area contributed by atoms with Gasteiger partial charge in [0.25, 0.3) is 5.56 Å². The van der Waals surface area contributed by atoms with Gasteiger partial charge in [-0.25, -0.2) is 4.98 Å². The van der Waals surface area contributed by atoms with Crippen molar-refractivity contribution in [2.24, 2.45) is 11.7 Å². The third-order valence-electron chi connectivity index (χ3n) is 4.59. The highest BCUT2D eigenvalue weighted by molar-refractivity contribution is 5.97. The molecule has 0 atom stereocenters. The van der Waals surface area contributed by atoms with E-state index in [9.17, 15) is 19.2 Å². The molecule has 0 bridgehead atoms. The van der Waals surface area contributed by atoms with Crippen LogP contribution in [0.4, 0.5) is 5.69 Å². The number of nitrogens with zero attached hydrogens (tertiary/aromatic N) is 3. The molecule has 4 N–H and O–H groups in total. The molecular formula is C20H20N6O4. The molecular weight excluding hydrogens is 388 g/mol. The molecule has 1 saturated carbocycles. The smallest absolute Gasteiger partial charge is 0.254 e. The first-order valence-corrected chi connectivity index (χ1v) is 9.27. The normalized spacial score (nSPS) is 12.7. The van der Waals surface area contributed by atoms with E-state index in [2.05, 4.69) is 15.6 Å². The second-order valence-electron chi connectivity index (χ2n) is 6.99. The molecule has 1 fully saturated rings. The molecule has 0 radical (unpaired) electrons. The second kappa shape index (κ2) is 8.57. The fraction of sp³-hybridized carbons (Fsp3) is 0.300. The molecule has 10 nitrogen and oxygen atoms in total. The summed E-state index contributed by atoms with van der Waals surface area (Å²) in [5.41, 5.74) is 6.07. The molecule has 2 aromatic rings. The molecule has 0 spiro atoms. The lowest BCUT2D eigenvalue weighted by Gasteiger charge is -2.14. The molecule has 0 aliphatic heterocycles. The summed E-state index contributed by atoms with van der Waals surface area (Å²) in [4.78, 5) is 51.9. The molecule has 30 heavy (non-hydrogen) atoms. The molecule has 1 heterocycles. The van der Waals surface area contributed by atoms with Crippen LogP contribution < -0.4 is 21.9 Å². The van der Waals surface area contributed by atoms with Crippen LogP contribution in [0.5, 0.6) is 0 Å². The first-order valence-electron chi connectivity index (χ1n) is 9.27. The van der Waals surface area contributed by atoms with E-state index >= 15 is 0 Å². The van der Waals surface area contributed by atoms with E-state index in [1.165, 1.54) is 12.1 Å². The van der Waals surface area contributed by atoms with Crippen molar-refractivity contribution < 1.29 is 14.4 Å². The van der Waals surface area contributed by atoms with Gasteiger partial charge in [-0.15, -0.1) is 0 Å². The van der Waals surface area contributed by atoms with Crippen molar-refractivity contribution in [1.82, 2.24) is 14.9 Å². The van der Waals surface area contributed by atoms with Crippen LogP contribution in [0, 0.1) is 24.2 Å². The van der Waals surface area contributed by atoms with Crippen LogP contribution in [-0.2, 0) is 20.9 Å². The van der Waals surface area contributed by atoms with E-state index in [-0.39, 0.29) is 30.7 Å². The van der Waals surface area contributed by atoms with Crippen LogP contribution >= 0.6 is 0 Å². The minimum atomic E-state index is -0.692. The maximum atomic E-state index is 12.6. The summed E-state index contributed by atoms with van der Waals surface area (Å²) in [6, 6.07) is 8.00. The Labute approximate surface area is 171 Å². The number of anilines is 1. The number of carbonyl (C=O) groups is 3. The fourth-order valence-corrected chi connectivity index (χ4v) is 2.86. The van der Waals surface area contributed by atoms with Crippen LogP contribution in [-0.4, -0.2) is 33.8 Å². The number of carbonyl (C=O) groups excluding carboxylic acids is 3. The number of hydrogen-bond donors (Lipinski definition) is 3. The van der Waals surface area contributed by atoms with Crippen molar-refractivity contribution in [2.75, 3.05) is 11.9 Å². The molecule has 154 valence electrons. The number of nitriles is 1. The van der Waals surface area contributed by atoms with Crippen LogP contribution in [0.25, 0.3) is 11.3 Å². The maximum absolute atomic E-state index is 12.6. The second-order valence-corrected chi connectivity index (χ2v) is 6.99. The van der Waals surface area contributed by atoms with Gasteiger partial charge < -0.3 is 16.4 Å². The highest BCUT2D eigenvalue weighted by atomic mass is 16.2. The van der Waals surface area contributed by atoms with E-state index in [1.807, 2.05) is 6.07 Å². The standard InChI is InChI=1S/C20H20N6O4/c1-11-24-16(7-19(29)26(11)10-18(28)23-9-17(22)27)14-5-2-12(8-21)6-15(14)25-20(30)13-3-4-13/h2,5-7,13H,3-4,9-10H2,1H3,(H2,22,27)(H,23,28)(H,25,30). The van der Waals surface area contributed by atoms with E-state index in [1.54, 1.807) is 19.1 Å². The number of aryl methyl sites for hydroxylation is 1. The van der Waals surface area contributed by atoms with Crippen LogP contribution in [0.1, 0.15) is 24.2 Å². The topological polar surface area (TPSA) is 160 Å². The van der Waals surface area contributed by atoms with Gasteiger partial charge in [0.2, 0.25) is 17.7 Å². The molecule has 3 amide bonds. The van der Waals surface area contributed by atoms with E-state index in [0.717, 1.165) is 17.4 Å². The molecule has 0 saturated heterocycles. The minimum Gasteiger partial charge on any atom is -0.368 e. The quantitative estimate of drug-likeness (QED) is 0.586. The highest BCUT2D eigenvalue weighted by Crippen LogP contribution is 2.33. The Morgan fingerprint density at radius 3 is 2.63 bits per heavy atom. The Hall–Kier alpha value is -4.00. The fourth-order valence-electron chi connectivity index (χ4n) is 2.86. The number of primary amides is 1. The van der Waals surface area contributed by atoms with Crippen molar-refractivity contribution in [2.45, 2.75) is 26.3 Å². The minimum absolute atomic E-state index is 0.0368. The lowest BCUT2D eigenvalue weighted by molar-refractivity contribution is -0.125. The number of amides is 3. The van der Waals surface area contributed by atoms with Crippen molar-refractivity contribution in [1.29, 1.82) is 5.26 Å². The Bertz CT molecular complexity index is 1130. The van der Waals surface area contributed by atoms with Gasteiger partial charge >= 0.3 is 0 Å². The van der Waals surface area contributed by atoms with Crippen molar-refractivity contribution in [3.05, 3.63) is 46.0 Å². The van der Waals surface area contributed by atoms with E-state index in [4.69, 9.17) is 11.0 Å². The van der Waals surface area contributed by atoms with E-state index < -0.39 is 17.4 Å². The zero-order chi connectivity index (χ0) is 21.8. The highest BCUT2D eigenvalue weighted by Gasteiger charge is 2.30. The summed E-state index contributed by atoms with van der Waals surface area (Å²) in [6.07, 6.45) is 1.65. The number of rotatable bonds is 7. The predicted molar refractivity (Wildman–Crippen MR) is 107 cm³/mol. The number of nitrogens with one attached hydrogen (secondary N) is 2. The molecule has 1 aromatic carbocycles. The van der Waals surface area contributed by atoms with Crippen molar-refractivity contribution in [3.8, 4) is 17.3 Å². The number of aromatic nitrogens is 2. The van der Waals surface area contributed by atoms with Crippen molar-refractivity contribution >= 4 is 23.4 Å². The zero-order valence-electron chi connectivity index (χ0n) is 16.3. The summed E-state index contributed by atoms with van der Waals surface area (Å²) in [6.45, 7) is 0.926. The Kier molecular flexibility index (Phi) is 5.92. The number of nitrogens with two attached hydrogens (primary N) is 1. The van der Waals surface area contributed by atoms with Crippen LogP contribution in [0.2, 0.25) is 0 Å². The summed E-state index contributed by atoms with van der Waals surface area (Å²) in [7, 11) is 0. The summed E-state index contributed by atoms with van der Waals surface area (Å²) < 4.78 is 1.16. The Morgan fingerprint density at radius 1 is 1.30 bits per heavy atom. The Balaban J connectivity index is 1.91. The van der Waals surface area contributed by atoms with Gasteiger partial charge in [-0.05, 0) is 38.0 Å². The molecule has 1 aliphatic carbocycles. The number of hydrogen-bond acceptors (Lipinski definition) is 6. The maximum Gasteiger partial charge on any atom is 0.254 e. The number of benzene rings is 1. The Morgan fingerprint density at radius 2 is 2.03 bits per heavy atom. The van der Waals surface area contributed by atoms with E-state index in [0.29, 0.717) is 22.5 Å². The molecule has 10 heteroatoms. The molecule has 0 unspecified atom stereocenters. The van der Waals surface area contributed by atoms with Crippen molar-refractivity contribution in [3.63, 3.8) is 0 Å². The van der Waals surface area contributed by atoms with Gasteiger partial charge in [0.15, 0.2) is 0 Å². The zero-order valence-corrected chi connectivity index (χ0v) is 16.3. The van der Waals surface area contributed by atoms with Gasteiger partial charge in [0.1, 0.15) is 12.4 Å². The van der Waals surface area contributed by atoms with Crippen LogP contribution in [0.15, 0.2) is 29.1 Å². The van der Waals surface area contributed by atoms with Gasteiger partial charge in [-0.1, -0.05) is 0 Å². The molecule has 1 aromatic heterocycles. The average Bonchev–Trinajstić information content (AvgIpc) is 3.54. The first kappa shape index (κ1) is 20.7. The molecule has 1 aliphatic rings. The summed E-state index contributed by atoms with van der Waals surface area (Å²) in [5, 5.41) is 14.3. The monoisotopic (exact) mass is 408 g/mol. The third-order valence-corrected chi connectivity index (χ3v) is 4.59. The van der Waals surface area contributed by atoms with Gasteiger partial charge in [-0.3, -0.25) is 23.7 Å². The lowest BCUT2D eigenvalue weighted by atomic mass is 10.1.